The number of benzene rings is 1. The summed E-state index contributed by atoms with van der Waals surface area (Å²) in [5, 5.41) is 0. The molecule has 0 saturated heterocycles. The van der Waals surface area contributed by atoms with Crippen molar-refractivity contribution < 1.29 is 4.21 Å². The first-order valence-corrected chi connectivity index (χ1v) is 5.88. The highest BCUT2D eigenvalue weighted by Gasteiger charge is 2.04. The smallest absolute Gasteiger partial charge is 0.127 e. The highest BCUT2D eigenvalue weighted by atomic mass is 32.2. The van der Waals surface area contributed by atoms with Gasteiger partial charge in [0.1, 0.15) is 11.0 Å². The fourth-order valence-corrected chi connectivity index (χ4v) is 1.84. The number of nitrogens with zero attached hydrogens (tertiary/aromatic N) is 1. The van der Waals surface area contributed by atoms with Crippen LogP contribution in [0, 0.1) is 6.92 Å². The zero-order chi connectivity index (χ0) is 11.1. The number of rotatable bonds is 2. The van der Waals surface area contributed by atoms with Crippen molar-refractivity contribution >= 4 is 11.0 Å². The number of hydrogen-bond donors (Lipinski definition) is 0. The van der Waals surface area contributed by atoms with Gasteiger partial charge in [0, 0.05) is 0 Å². The van der Waals surface area contributed by atoms with E-state index in [-0.39, 0.29) is 0 Å². The Balaban J connectivity index is 0.000000791. The molecule has 0 aliphatic carbocycles. The first-order chi connectivity index (χ1) is 6.61. The molecule has 0 spiro atoms. The van der Waals surface area contributed by atoms with Gasteiger partial charge in [-0.1, -0.05) is 26.0 Å². The first kappa shape index (κ1) is 13.3. The molecule has 0 N–H and O–H groups in total. The molecule has 80 valence electrons. The fourth-order valence-electron chi connectivity index (χ4n) is 0.935. The molecule has 1 aromatic rings. The summed E-state index contributed by atoms with van der Waals surface area (Å²) in [6.07, 6.45) is 0. The van der Waals surface area contributed by atoms with Crippen LogP contribution in [0.2, 0.25) is 0 Å². The third-order valence-electron chi connectivity index (χ3n) is 1.52. The van der Waals surface area contributed by atoms with E-state index in [2.05, 4.69) is 0 Å². The molecular weight excluding hydrogens is 194 g/mol. The standard InChI is InChI=1S/C9H13NOS.C2H6/c1-8-5-4-6-9(7-8)12(11)10(2)3;1-2/h4-7H,1-3H3;1-2H3. The summed E-state index contributed by atoms with van der Waals surface area (Å²) < 4.78 is 13.2. The van der Waals surface area contributed by atoms with Gasteiger partial charge in [0.25, 0.3) is 0 Å². The Bertz CT molecular complexity index is 297. The molecule has 0 radical (unpaired) electrons. The molecule has 14 heavy (non-hydrogen) atoms. The Morgan fingerprint density at radius 1 is 1.21 bits per heavy atom. The maximum absolute atomic E-state index is 11.5. The molecule has 0 aliphatic rings. The monoisotopic (exact) mass is 213 g/mol. The number of aryl methyl sites for hydroxylation is 1. The van der Waals surface area contributed by atoms with Crippen molar-refractivity contribution in [3.05, 3.63) is 29.8 Å². The van der Waals surface area contributed by atoms with E-state index in [4.69, 9.17) is 0 Å². The molecule has 0 saturated carbocycles. The second kappa shape index (κ2) is 6.74. The first-order valence-electron chi connectivity index (χ1n) is 4.77. The van der Waals surface area contributed by atoms with E-state index in [0.29, 0.717) is 0 Å². The quantitative estimate of drug-likeness (QED) is 0.739. The van der Waals surface area contributed by atoms with Crippen molar-refractivity contribution in [2.24, 2.45) is 0 Å². The van der Waals surface area contributed by atoms with E-state index < -0.39 is 11.0 Å². The van der Waals surface area contributed by atoms with Gasteiger partial charge < -0.3 is 0 Å². The van der Waals surface area contributed by atoms with Crippen molar-refractivity contribution in [1.29, 1.82) is 0 Å². The van der Waals surface area contributed by atoms with Gasteiger partial charge >= 0.3 is 0 Å². The van der Waals surface area contributed by atoms with Gasteiger partial charge in [-0.15, -0.1) is 0 Å². The average molecular weight is 213 g/mol. The van der Waals surface area contributed by atoms with Gasteiger partial charge in [-0.25, -0.2) is 8.51 Å². The third-order valence-corrected chi connectivity index (χ3v) is 2.84. The largest absolute Gasteiger partial charge is 0.237 e. The van der Waals surface area contributed by atoms with Crippen molar-refractivity contribution in [3.8, 4) is 0 Å². The molecule has 1 rings (SSSR count). The van der Waals surface area contributed by atoms with Crippen LogP contribution in [-0.2, 0) is 11.0 Å². The Labute approximate surface area is 89.5 Å². The molecular formula is C11H19NOS. The lowest BCUT2D eigenvalue weighted by molar-refractivity contribution is 0.602. The van der Waals surface area contributed by atoms with Crippen LogP contribution in [0.25, 0.3) is 0 Å². The van der Waals surface area contributed by atoms with Crippen LogP contribution in [0.4, 0.5) is 0 Å². The Morgan fingerprint density at radius 2 is 1.79 bits per heavy atom. The van der Waals surface area contributed by atoms with Crippen LogP contribution in [0.1, 0.15) is 19.4 Å². The van der Waals surface area contributed by atoms with Crippen LogP contribution in [0.3, 0.4) is 0 Å². The van der Waals surface area contributed by atoms with E-state index in [1.807, 2.05) is 45.0 Å². The minimum absolute atomic E-state index is 0.861. The highest BCUT2D eigenvalue weighted by molar-refractivity contribution is 7.82. The molecule has 2 nitrogen and oxygen atoms in total. The minimum Gasteiger partial charge on any atom is -0.237 e. The van der Waals surface area contributed by atoms with Gasteiger partial charge in [0.2, 0.25) is 0 Å². The van der Waals surface area contributed by atoms with Crippen molar-refractivity contribution in [2.45, 2.75) is 25.7 Å². The maximum atomic E-state index is 11.5. The fraction of sp³-hybridized carbons (Fsp3) is 0.455. The van der Waals surface area contributed by atoms with Gasteiger partial charge in [0.15, 0.2) is 0 Å². The molecule has 3 heteroatoms. The summed E-state index contributed by atoms with van der Waals surface area (Å²) in [5.74, 6) is 0. The summed E-state index contributed by atoms with van der Waals surface area (Å²) in [6, 6.07) is 7.74. The van der Waals surface area contributed by atoms with Gasteiger partial charge in [0.05, 0.1) is 4.90 Å². The molecule has 0 bridgehead atoms. The molecule has 0 aliphatic heterocycles. The predicted molar refractivity (Wildman–Crippen MR) is 62.6 cm³/mol. The Kier molecular flexibility index (Phi) is 6.41. The van der Waals surface area contributed by atoms with Gasteiger partial charge in [-0.3, -0.25) is 0 Å². The van der Waals surface area contributed by atoms with Crippen LogP contribution >= 0.6 is 0 Å². The van der Waals surface area contributed by atoms with Crippen LogP contribution < -0.4 is 0 Å². The van der Waals surface area contributed by atoms with Crippen molar-refractivity contribution in [2.75, 3.05) is 14.1 Å². The molecule has 1 atom stereocenters. The lowest BCUT2D eigenvalue weighted by atomic mass is 10.2. The second-order valence-corrected chi connectivity index (χ2v) is 4.58. The topological polar surface area (TPSA) is 20.3 Å². The summed E-state index contributed by atoms with van der Waals surface area (Å²) in [7, 11) is 2.60. The predicted octanol–water partition coefficient (Wildman–Crippen LogP) is 2.61. The zero-order valence-electron chi connectivity index (χ0n) is 9.57. The molecule has 0 aromatic heterocycles. The Hall–Kier alpha value is -0.670. The Morgan fingerprint density at radius 3 is 2.21 bits per heavy atom. The molecule has 1 aromatic carbocycles. The van der Waals surface area contributed by atoms with E-state index in [1.54, 1.807) is 18.4 Å². The SMILES string of the molecule is CC.Cc1cccc(S(=O)N(C)C)c1. The van der Waals surface area contributed by atoms with Crippen molar-refractivity contribution in [1.82, 2.24) is 4.31 Å². The van der Waals surface area contributed by atoms with Crippen LogP contribution in [0.5, 0.6) is 0 Å². The normalized spacial score (nSPS) is 11.9. The van der Waals surface area contributed by atoms with E-state index in [1.165, 1.54) is 0 Å². The summed E-state index contributed by atoms with van der Waals surface area (Å²) in [4.78, 5) is 0.861. The van der Waals surface area contributed by atoms with E-state index in [9.17, 15) is 4.21 Å². The summed E-state index contributed by atoms with van der Waals surface area (Å²) in [5.41, 5.74) is 1.14. The van der Waals surface area contributed by atoms with Gasteiger partial charge in [-0.05, 0) is 38.7 Å². The molecule has 0 heterocycles. The highest BCUT2D eigenvalue weighted by Crippen LogP contribution is 2.09. The third kappa shape index (κ3) is 4.03. The van der Waals surface area contributed by atoms with Crippen molar-refractivity contribution in [3.63, 3.8) is 0 Å². The summed E-state index contributed by atoms with van der Waals surface area (Å²) >= 11 is 0. The van der Waals surface area contributed by atoms with Crippen LogP contribution in [0.15, 0.2) is 29.2 Å². The average Bonchev–Trinajstić information content (AvgIpc) is 2.19. The molecule has 1 unspecified atom stereocenters. The lowest BCUT2D eigenvalue weighted by Crippen LogP contribution is -2.15. The zero-order valence-corrected chi connectivity index (χ0v) is 10.4. The maximum Gasteiger partial charge on any atom is 0.127 e. The molecule has 0 fully saturated rings. The van der Waals surface area contributed by atoms with Crippen LogP contribution in [-0.4, -0.2) is 22.6 Å². The lowest BCUT2D eigenvalue weighted by Gasteiger charge is -2.08. The minimum atomic E-state index is -1.01. The van der Waals surface area contributed by atoms with Gasteiger partial charge in [-0.2, -0.15) is 0 Å². The second-order valence-electron chi connectivity index (χ2n) is 2.88. The van der Waals surface area contributed by atoms with E-state index >= 15 is 0 Å². The summed E-state index contributed by atoms with van der Waals surface area (Å²) in [6.45, 7) is 6.00. The molecule has 0 amide bonds. The number of hydrogen-bond acceptors (Lipinski definition) is 1. The van der Waals surface area contributed by atoms with E-state index in [0.717, 1.165) is 10.5 Å².